The normalized spacial score (nSPS) is 22.7. The highest BCUT2D eigenvalue weighted by atomic mass is 16.1. The van der Waals surface area contributed by atoms with Gasteiger partial charge < -0.3 is 5.43 Å². The van der Waals surface area contributed by atoms with Crippen LogP contribution < -0.4 is 5.43 Å². The molecule has 0 spiro atoms. The Labute approximate surface area is 114 Å². The van der Waals surface area contributed by atoms with Crippen LogP contribution in [0.25, 0.3) is 0 Å². The molecule has 0 saturated carbocycles. The van der Waals surface area contributed by atoms with E-state index < -0.39 is 0 Å². The maximum absolute atomic E-state index is 10.8. The van der Waals surface area contributed by atoms with Gasteiger partial charge in [0.05, 0.1) is 0 Å². The summed E-state index contributed by atoms with van der Waals surface area (Å²) < 4.78 is 0. The quantitative estimate of drug-likeness (QED) is 0.843. The van der Waals surface area contributed by atoms with E-state index in [0.29, 0.717) is 0 Å². The summed E-state index contributed by atoms with van der Waals surface area (Å²) in [5.41, 5.74) is 7.50. The number of benzene rings is 1. The molecule has 3 nitrogen and oxygen atoms in total. The van der Waals surface area contributed by atoms with E-state index in [4.69, 9.17) is 0 Å². The van der Waals surface area contributed by atoms with Crippen LogP contribution in [-0.4, -0.2) is 18.0 Å². The number of allylic oxidation sites excluding steroid dienone is 1. The van der Waals surface area contributed by atoms with Gasteiger partial charge in [-0.2, -0.15) is 0 Å². The Morgan fingerprint density at radius 2 is 2.11 bits per heavy atom. The van der Waals surface area contributed by atoms with Crippen LogP contribution in [0.15, 0.2) is 41.6 Å². The Hall–Kier alpha value is -1.77. The Morgan fingerprint density at radius 3 is 2.89 bits per heavy atom. The van der Waals surface area contributed by atoms with Crippen LogP contribution in [0.2, 0.25) is 0 Å². The smallest absolute Gasteiger partial charge is 0.228 e. The van der Waals surface area contributed by atoms with Crippen LogP contribution in [0.1, 0.15) is 31.2 Å². The van der Waals surface area contributed by atoms with Gasteiger partial charge in [-0.15, -0.1) is 0 Å². The molecule has 0 fully saturated rings. The van der Waals surface area contributed by atoms with Crippen molar-refractivity contribution in [2.24, 2.45) is 5.92 Å². The lowest BCUT2D eigenvalue weighted by atomic mass is 9.81. The molecule has 0 bridgehead atoms. The number of hydrogen-bond acceptors (Lipinski definition) is 2. The molecular formula is C16H20N2O. The third-order valence-electron chi connectivity index (χ3n) is 4.19. The lowest BCUT2D eigenvalue weighted by Crippen LogP contribution is -2.42. The summed E-state index contributed by atoms with van der Waals surface area (Å²) in [6.45, 7) is 0.806. The van der Waals surface area contributed by atoms with E-state index in [1.165, 1.54) is 36.1 Å². The number of rotatable bonds is 3. The van der Waals surface area contributed by atoms with Crippen molar-refractivity contribution in [2.45, 2.75) is 32.1 Å². The van der Waals surface area contributed by atoms with Crippen molar-refractivity contribution in [1.29, 1.82) is 0 Å². The highest BCUT2D eigenvalue weighted by Gasteiger charge is 2.25. The predicted octanol–water partition coefficient (Wildman–Crippen LogP) is 2.65. The number of nitrogens with zero attached hydrogens (tertiary/aromatic N) is 1. The first-order chi connectivity index (χ1) is 9.35. The van der Waals surface area contributed by atoms with E-state index in [0.717, 1.165) is 31.7 Å². The minimum Gasteiger partial charge on any atom is -0.300 e. The van der Waals surface area contributed by atoms with Gasteiger partial charge in [-0.25, -0.2) is 0 Å². The first-order valence-electron chi connectivity index (χ1n) is 7.08. The van der Waals surface area contributed by atoms with Gasteiger partial charge >= 0.3 is 0 Å². The highest BCUT2D eigenvalue weighted by molar-refractivity contribution is 5.47. The number of carbonyl (C=O) groups excluding carboxylic acids is 1. The molecule has 1 aliphatic heterocycles. The van der Waals surface area contributed by atoms with E-state index in [2.05, 4.69) is 35.8 Å². The maximum Gasteiger partial charge on any atom is 0.228 e. The first-order valence-corrected chi connectivity index (χ1v) is 7.08. The monoisotopic (exact) mass is 256 g/mol. The summed E-state index contributed by atoms with van der Waals surface area (Å²) in [7, 11) is 0. The molecule has 1 heterocycles. The van der Waals surface area contributed by atoms with Crippen LogP contribution in [0.5, 0.6) is 0 Å². The van der Waals surface area contributed by atoms with E-state index >= 15 is 0 Å². The predicted molar refractivity (Wildman–Crippen MR) is 75.0 cm³/mol. The SMILES string of the molecule is O=CN1CCC2=C(CCC(Cc3ccccc3)C2)N1. The summed E-state index contributed by atoms with van der Waals surface area (Å²) >= 11 is 0. The second kappa shape index (κ2) is 5.47. The van der Waals surface area contributed by atoms with Crippen molar-refractivity contribution in [3.05, 3.63) is 47.2 Å². The standard InChI is InChI=1S/C16H20N2O/c19-12-18-9-8-15-11-14(6-7-16(15)17-18)10-13-4-2-1-3-5-13/h1-5,12,14,17H,6-11H2. The van der Waals surface area contributed by atoms with Gasteiger partial charge in [-0.3, -0.25) is 9.80 Å². The maximum atomic E-state index is 10.8. The Bertz CT molecular complexity index is 481. The number of carbonyl (C=O) groups is 1. The molecule has 100 valence electrons. The van der Waals surface area contributed by atoms with Gasteiger partial charge in [0.2, 0.25) is 6.41 Å². The van der Waals surface area contributed by atoms with Crippen LogP contribution in [-0.2, 0) is 11.2 Å². The molecular weight excluding hydrogens is 236 g/mol. The van der Waals surface area contributed by atoms with Crippen molar-refractivity contribution in [1.82, 2.24) is 10.4 Å². The van der Waals surface area contributed by atoms with E-state index in [-0.39, 0.29) is 0 Å². The van der Waals surface area contributed by atoms with Crippen molar-refractivity contribution < 1.29 is 4.79 Å². The molecule has 1 unspecified atom stereocenters. The van der Waals surface area contributed by atoms with Crippen molar-refractivity contribution in [3.63, 3.8) is 0 Å². The van der Waals surface area contributed by atoms with Gasteiger partial charge in [-0.1, -0.05) is 30.3 Å². The summed E-state index contributed by atoms with van der Waals surface area (Å²) in [4.78, 5) is 10.8. The van der Waals surface area contributed by atoms with Gasteiger partial charge in [-0.05, 0) is 49.2 Å². The first kappa shape index (κ1) is 12.3. The second-order valence-electron chi connectivity index (χ2n) is 5.54. The van der Waals surface area contributed by atoms with Crippen molar-refractivity contribution in [2.75, 3.05) is 6.54 Å². The lowest BCUT2D eigenvalue weighted by Gasteiger charge is -2.35. The minimum atomic E-state index is 0.755. The van der Waals surface area contributed by atoms with Crippen LogP contribution in [0.3, 0.4) is 0 Å². The number of nitrogens with one attached hydrogen (secondary N) is 1. The topological polar surface area (TPSA) is 32.3 Å². The molecule has 3 heteroatoms. The largest absolute Gasteiger partial charge is 0.300 e. The zero-order chi connectivity index (χ0) is 13.1. The molecule has 2 aliphatic rings. The third kappa shape index (κ3) is 2.80. The molecule has 1 aromatic carbocycles. The fourth-order valence-corrected chi connectivity index (χ4v) is 3.17. The van der Waals surface area contributed by atoms with Gasteiger partial charge in [0.1, 0.15) is 0 Å². The van der Waals surface area contributed by atoms with E-state index in [1.54, 1.807) is 5.01 Å². The molecule has 0 radical (unpaired) electrons. The molecule has 1 amide bonds. The van der Waals surface area contributed by atoms with Gasteiger partial charge in [0.25, 0.3) is 0 Å². The molecule has 1 N–H and O–H groups in total. The summed E-state index contributed by atoms with van der Waals surface area (Å²) in [5.74, 6) is 0.755. The zero-order valence-electron chi connectivity index (χ0n) is 11.1. The second-order valence-corrected chi connectivity index (χ2v) is 5.54. The molecule has 1 atom stereocenters. The van der Waals surface area contributed by atoms with E-state index in [9.17, 15) is 4.79 Å². The molecule has 19 heavy (non-hydrogen) atoms. The lowest BCUT2D eigenvalue weighted by molar-refractivity contribution is -0.120. The van der Waals surface area contributed by atoms with Crippen molar-refractivity contribution >= 4 is 6.41 Å². The summed E-state index contributed by atoms with van der Waals surface area (Å²) in [6, 6.07) is 10.7. The fraction of sp³-hybridized carbons (Fsp3) is 0.438. The van der Waals surface area contributed by atoms with Crippen LogP contribution in [0, 0.1) is 5.92 Å². The molecule has 3 rings (SSSR count). The number of hydrogen-bond donors (Lipinski definition) is 1. The van der Waals surface area contributed by atoms with E-state index in [1.807, 2.05) is 0 Å². The van der Waals surface area contributed by atoms with Crippen molar-refractivity contribution in [3.8, 4) is 0 Å². The highest BCUT2D eigenvalue weighted by Crippen LogP contribution is 2.33. The van der Waals surface area contributed by atoms with Gasteiger partial charge in [0, 0.05) is 12.2 Å². The minimum absolute atomic E-state index is 0.755. The average molecular weight is 256 g/mol. The molecule has 0 saturated heterocycles. The third-order valence-corrected chi connectivity index (χ3v) is 4.19. The molecule has 1 aliphatic carbocycles. The Balaban J connectivity index is 1.64. The fourth-order valence-electron chi connectivity index (χ4n) is 3.17. The zero-order valence-corrected chi connectivity index (χ0v) is 11.1. The number of hydrazine groups is 1. The molecule has 1 aromatic rings. The van der Waals surface area contributed by atoms with Gasteiger partial charge in [0.15, 0.2) is 0 Å². The number of amides is 1. The Morgan fingerprint density at radius 1 is 1.26 bits per heavy atom. The Kier molecular flexibility index (Phi) is 3.53. The summed E-state index contributed by atoms with van der Waals surface area (Å²) in [6.07, 6.45) is 6.58. The van der Waals surface area contributed by atoms with Crippen LogP contribution in [0.4, 0.5) is 0 Å². The molecule has 0 aromatic heterocycles. The average Bonchev–Trinajstić information content (AvgIpc) is 2.48. The summed E-state index contributed by atoms with van der Waals surface area (Å²) in [5, 5.41) is 1.66. The van der Waals surface area contributed by atoms with Crippen LogP contribution >= 0.6 is 0 Å².